The number of carbonyl (C=O) groups is 2. The van der Waals surface area contributed by atoms with Crippen molar-refractivity contribution in [2.24, 2.45) is 11.8 Å². The quantitative estimate of drug-likeness (QED) is 0.823. The van der Waals surface area contributed by atoms with Crippen LogP contribution in [0.15, 0.2) is 30.3 Å². The predicted molar refractivity (Wildman–Crippen MR) is 66.6 cm³/mol. The highest BCUT2D eigenvalue weighted by molar-refractivity contribution is 5.77. The van der Waals surface area contributed by atoms with Gasteiger partial charge in [0.05, 0.1) is 19.1 Å². The second-order valence-corrected chi connectivity index (χ2v) is 4.62. The normalized spacial score (nSPS) is 23.0. The van der Waals surface area contributed by atoms with Crippen molar-refractivity contribution in [1.29, 1.82) is 0 Å². The van der Waals surface area contributed by atoms with E-state index >= 15 is 0 Å². The molecule has 1 aromatic rings. The second-order valence-electron chi connectivity index (χ2n) is 4.62. The first-order valence-corrected chi connectivity index (χ1v) is 6.03. The maximum atomic E-state index is 11.5. The van der Waals surface area contributed by atoms with Crippen LogP contribution >= 0.6 is 0 Å². The molecule has 1 aliphatic carbocycles. The highest BCUT2D eigenvalue weighted by Crippen LogP contribution is 2.48. The van der Waals surface area contributed by atoms with E-state index in [4.69, 9.17) is 4.74 Å². The summed E-state index contributed by atoms with van der Waals surface area (Å²) in [4.78, 5) is 22.7. The first-order valence-electron chi connectivity index (χ1n) is 6.03. The Kier molecular flexibility index (Phi) is 3.65. The number of hydrogen-bond donors (Lipinski definition) is 1. The van der Waals surface area contributed by atoms with Gasteiger partial charge in [-0.1, -0.05) is 30.3 Å². The summed E-state index contributed by atoms with van der Waals surface area (Å²) in [7, 11) is 1.40. The summed E-state index contributed by atoms with van der Waals surface area (Å²) in [6.07, 6.45) is 0.770. The van der Waals surface area contributed by atoms with Gasteiger partial charge < -0.3 is 10.1 Å². The fourth-order valence-electron chi connectivity index (χ4n) is 2.32. The van der Waals surface area contributed by atoms with Crippen LogP contribution < -0.4 is 5.32 Å². The van der Waals surface area contributed by atoms with E-state index in [1.165, 1.54) is 14.0 Å². The fraction of sp³-hybridized carbons (Fsp3) is 0.429. The van der Waals surface area contributed by atoms with E-state index in [2.05, 4.69) is 5.32 Å². The Balaban J connectivity index is 2.13. The third kappa shape index (κ3) is 2.70. The van der Waals surface area contributed by atoms with Crippen LogP contribution in [0.25, 0.3) is 0 Å². The average Bonchev–Trinajstić information content (AvgIpc) is 3.16. The Labute approximate surface area is 106 Å². The van der Waals surface area contributed by atoms with Crippen LogP contribution in [0.5, 0.6) is 0 Å². The van der Waals surface area contributed by atoms with Gasteiger partial charge in [0.2, 0.25) is 5.91 Å². The predicted octanol–water partition coefficient (Wildman–Crippen LogP) is 1.67. The molecule has 96 valence electrons. The Morgan fingerprint density at radius 3 is 2.56 bits per heavy atom. The Morgan fingerprint density at radius 1 is 1.33 bits per heavy atom. The van der Waals surface area contributed by atoms with Crippen LogP contribution in [0.4, 0.5) is 0 Å². The zero-order valence-corrected chi connectivity index (χ0v) is 10.6. The van der Waals surface area contributed by atoms with Gasteiger partial charge in [-0.2, -0.15) is 0 Å². The van der Waals surface area contributed by atoms with Crippen LogP contribution in [-0.2, 0) is 14.3 Å². The van der Waals surface area contributed by atoms with Gasteiger partial charge in [-0.05, 0) is 17.9 Å². The lowest BCUT2D eigenvalue weighted by Gasteiger charge is -2.18. The molecule has 0 saturated heterocycles. The SMILES string of the molecule is COC(=O)[C@H]1C[C@H]1[C@H](NC(C)=O)c1ccccc1. The topological polar surface area (TPSA) is 55.4 Å². The van der Waals surface area contributed by atoms with Gasteiger partial charge in [-0.15, -0.1) is 0 Å². The van der Waals surface area contributed by atoms with Crippen molar-refractivity contribution in [3.8, 4) is 0 Å². The molecule has 0 aliphatic heterocycles. The standard InChI is InChI=1S/C14H17NO3/c1-9(16)15-13(10-6-4-3-5-7-10)11-8-12(11)14(17)18-2/h3-7,11-13H,8H2,1-2H3,(H,15,16)/t11-,12+,13-/m1/s1. The van der Waals surface area contributed by atoms with Crippen molar-refractivity contribution >= 4 is 11.9 Å². The summed E-state index contributed by atoms with van der Waals surface area (Å²) in [5.74, 6) is -0.221. The van der Waals surface area contributed by atoms with Crippen LogP contribution in [0.2, 0.25) is 0 Å². The number of amides is 1. The van der Waals surface area contributed by atoms with E-state index in [0.29, 0.717) is 0 Å². The third-order valence-electron chi connectivity index (χ3n) is 3.29. The van der Waals surface area contributed by atoms with Crippen LogP contribution in [0.1, 0.15) is 24.9 Å². The molecule has 0 heterocycles. The molecule has 18 heavy (non-hydrogen) atoms. The van der Waals surface area contributed by atoms with Gasteiger partial charge in [0.1, 0.15) is 0 Å². The number of carbonyl (C=O) groups excluding carboxylic acids is 2. The van der Waals surface area contributed by atoms with Crippen molar-refractivity contribution in [3.63, 3.8) is 0 Å². The lowest BCUT2D eigenvalue weighted by atomic mass is 10.0. The average molecular weight is 247 g/mol. The number of benzene rings is 1. The molecule has 1 fully saturated rings. The zero-order chi connectivity index (χ0) is 13.1. The van der Waals surface area contributed by atoms with E-state index in [1.807, 2.05) is 30.3 Å². The van der Waals surface area contributed by atoms with Gasteiger partial charge in [-0.3, -0.25) is 9.59 Å². The minimum atomic E-state index is -0.189. The van der Waals surface area contributed by atoms with E-state index in [-0.39, 0.29) is 29.8 Å². The third-order valence-corrected chi connectivity index (χ3v) is 3.29. The van der Waals surface area contributed by atoms with E-state index in [1.54, 1.807) is 0 Å². The highest BCUT2D eigenvalue weighted by Gasteiger charge is 2.49. The molecule has 3 atom stereocenters. The number of esters is 1. The van der Waals surface area contributed by atoms with Crippen molar-refractivity contribution < 1.29 is 14.3 Å². The Hall–Kier alpha value is -1.84. The lowest BCUT2D eigenvalue weighted by Crippen LogP contribution is -2.28. The maximum Gasteiger partial charge on any atom is 0.309 e. The summed E-state index contributed by atoms with van der Waals surface area (Å²) >= 11 is 0. The molecule has 0 aromatic heterocycles. The molecule has 0 bridgehead atoms. The molecular formula is C14H17NO3. The van der Waals surface area contributed by atoms with Gasteiger partial charge >= 0.3 is 5.97 Å². The maximum absolute atomic E-state index is 11.5. The van der Waals surface area contributed by atoms with Crippen LogP contribution in [0.3, 0.4) is 0 Å². The Bertz CT molecular complexity index is 444. The number of nitrogens with one attached hydrogen (secondary N) is 1. The van der Waals surface area contributed by atoms with Crippen molar-refractivity contribution in [3.05, 3.63) is 35.9 Å². The molecule has 4 heteroatoms. The van der Waals surface area contributed by atoms with Gasteiger partial charge in [-0.25, -0.2) is 0 Å². The minimum absolute atomic E-state index is 0.0839. The first-order chi connectivity index (χ1) is 8.63. The van der Waals surface area contributed by atoms with E-state index < -0.39 is 0 Å². The molecule has 0 unspecified atom stereocenters. The highest BCUT2D eigenvalue weighted by atomic mass is 16.5. The molecule has 4 nitrogen and oxygen atoms in total. The summed E-state index contributed by atoms with van der Waals surface area (Å²) in [6, 6.07) is 9.62. The largest absolute Gasteiger partial charge is 0.469 e. The zero-order valence-electron chi connectivity index (χ0n) is 10.6. The van der Waals surface area contributed by atoms with E-state index in [9.17, 15) is 9.59 Å². The molecule has 0 spiro atoms. The smallest absolute Gasteiger partial charge is 0.309 e. The van der Waals surface area contributed by atoms with Crippen LogP contribution in [-0.4, -0.2) is 19.0 Å². The molecule has 1 N–H and O–H groups in total. The Morgan fingerprint density at radius 2 is 2.00 bits per heavy atom. The number of methoxy groups -OCH3 is 1. The van der Waals surface area contributed by atoms with Crippen molar-refractivity contribution in [1.82, 2.24) is 5.32 Å². The van der Waals surface area contributed by atoms with Crippen molar-refractivity contribution in [2.45, 2.75) is 19.4 Å². The molecule has 1 aliphatic rings. The molecule has 2 rings (SSSR count). The van der Waals surface area contributed by atoms with Crippen LogP contribution in [0, 0.1) is 11.8 Å². The lowest BCUT2D eigenvalue weighted by molar-refractivity contribution is -0.142. The minimum Gasteiger partial charge on any atom is -0.469 e. The first kappa shape index (κ1) is 12.6. The molecule has 1 saturated carbocycles. The number of rotatable bonds is 4. The summed E-state index contributed by atoms with van der Waals surface area (Å²) < 4.78 is 4.74. The molecule has 1 amide bonds. The summed E-state index contributed by atoms with van der Waals surface area (Å²) in [5.41, 5.74) is 1.03. The molecular weight excluding hydrogens is 230 g/mol. The molecule has 1 aromatic carbocycles. The number of ether oxygens (including phenoxy) is 1. The van der Waals surface area contributed by atoms with Gasteiger partial charge in [0.25, 0.3) is 0 Å². The van der Waals surface area contributed by atoms with Gasteiger partial charge in [0, 0.05) is 6.92 Å². The fourth-order valence-corrected chi connectivity index (χ4v) is 2.32. The number of hydrogen-bond acceptors (Lipinski definition) is 3. The summed E-state index contributed by atoms with van der Waals surface area (Å²) in [5, 5.41) is 2.92. The van der Waals surface area contributed by atoms with Crippen molar-refractivity contribution in [2.75, 3.05) is 7.11 Å². The second kappa shape index (κ2) is 5.21. The monoisotopic (exact) mass is 247 g/mol. The van der Waals surface area contributed by atoms with Gasteiger partial charge in [0.15, 0.2) is 0 Å². The molecule has 0 radical (unpaired) electrons. The summed E-state index contributed by atoms with van der Waals surface area (Å²) in [6.45, 7) is 1.49. The van der Waals surface area contributed by atoms with E-state index in [0.717, 1.165) is 12.0 Å².